The predicted octanol–water partition coefficient (Wildman–Crippen LogP) is 2.32. The first-order chi connectivity index (χ1) is 11.3. The molecule has 1 atom stereocenters. The average molecular weight is 330 g/mol. The summed E-state index contributed by atoms with van der Waals surface area (Å²) in [6, 6.07) is 0.196. The molecule has 7 nitrogen and oxygen atoms in total. The number of rotatable bonds is 2. The van der Waals surface area contributed by atoms with Crippen molar-refractivity contribution in [3.8, 4) is 0 Å². The van der Waals surface area contributed by atoms with Crippen molar-refractivity contribution in [2.24, 2.45) is 0 Å². The van der Waals surface area contributed by atoms with E-state index in [0.29, 0.717) is 12.1 Å². The van der Waals surface area contributed by atoms with Crippen LogP contribution in [0.25, 0.3) is 0 Å². The van der Waals surface area contributed by atoms with Crippen LogP contribution < -0.4 is 0 Å². The van der Waals surface area contributed by atoms with Crippen molar-refractivity contribution in [2.75, 3.05) is 13.1 Å². The minimum absolute atomic E-state index is 0.0460. The van der Waals surface area contributed by atoms with Gasteiger partial charge in [0.2, 0.25) is 0 Å². The van der Waals surface area contributed by atoms with Crippen LogP contribution in [0.1, 0.15) is 61.7 Å². The second-order valence-corrected chi connectivity index (χ2v) is 7.54. The van der Waals surface area contributed by atoms with Gasteiger partial charge in [-0.3, -0.25) is 9.48 Å². The van der Waals surface area contributed by atoms with Gasteiger partial charge in [-0.1, -0.05) is 0 Å². The fourth-order valence-corrected chi connectivity index (χ4v) is 3.20. The molecule has 1 fully saturated rings. The molecule has 2 aromatic heterocycles. The van der Waals surface area contributed by atoms with E-state index in [4.69, 9.17) is 0 Å². The monoisotopic (exact) mass is 330 g/mol. The second kappa shape index (κ2) is 6.03. The van der Waals surface area contributed by atoms with Crippen molar-refractivity contribution >= 4 is 5.91 Å². The quantitative estimate of drug-likeness (QED) is 0.847. The van der Waals surface area contributed by atoms with Crippen molar-refractivity contribution in [3.05, 3.63) is 29.6 Å². The van der Waals surface area contributed by atoms with Crippen LogP contribution in [-0.4, -0.2) is 48.4 Å². The Labute approximate surface area is 142 Å². The molecule has 130 valence electrons. The van der Waals surface area contributed by atoms with E-state index in [1.54, 1.807) is 6.20 Å². The largest absolute Gasteiger partial charge is 0.336 e. The van der Waals surface area contributed by atoms with Crippen molar-refractivity contribution in [3.63, 3.8) is 0 Å². The normalized spacial score (nSPS) is 18.9. The number of likely N-dealkylation sites (tertiary alicyclic amines) is 1. The Morgan fingerprint density at radius 2 is 2.04 bits per heavy atom. The number of carbonyl (C=O) groups is 1. The maximum atomic E-state index is 12.8. The number of piperidine rings is 1. The van der Waals surface area contributed by atoms with E-state index in [0.717, 1.165) is 31.0 Å². The molecule has 0 radical (unpaired) electrons. The zero-order valence-electron chi connectivity index (χ0n) is 15.2. The Hall–Kier alpha value is -2.18. The van der Waals surface area contributed by atoms with Gasteiger partial charge in [0.25, 0.3) is 5.91 Å². The van der Waals surface area contributed by atoms with E-state index < -0.39 is 0 Å². The first-order valence-corrected chi connectivity index (χ1v) is 8.50. The molecule has 2 aromatic rings. The van der Waals surface area contributed by atoms with E-state index >= 15 is 0 Å². The molecule has 0 N–H and O–H groups in total. The summed E-state index contributed by atoms with van der Waals surface area (Å²) in [5.41, 5.74) is 0.523. The summed E-state index contributed by atoms with van der Waals surface area (Å²) in [4.78, 5) is 19.1. The second-order valence-electron chi connectivity index (χ2n) is 7.54. The number of carbonyl (C=O) groups excluding carboxylic acids is 1. The average Bonchev–Trinajstić information content (AvgIpc) is 3.13. The highest BCUT2D eigenvalue weighted by molar-refractivity contribution is 5.93. The van der Waals surface area contributed by atoms with Crippen LogP contribution in [0.2, 0.25) is 0 Å². The third-order valence-electron chi connectivity index (χ3n) is 4.45. The fraction of sp³-hybridized carbons (Fsp3) is 0.647. The summed E-state index contributed by atoms with van der Waals surface area (Å²) in [6.07, 6.45) is 5.51. The Bertz CT molecular complexity index is 739. The van der Waals surface area contributed by atoms with Gasteiger partial charge >= 0.3 is 0 Å². The number of nitrogens with zero attached hydrogens (tertiary/aromatic N) is 6. The van der Waals surface area contributed by atoms with Crippen LogP contribution in [0.15, 0.2) is 12.4 Å². The number of aryl methyl sites for hydroxylation is 2. The molecule has 3 rings (SSSR count). The molecule has 0 bridgehead atoms. The van der Waals surface area contributed by atoms with Gasteiger partial charge in [0.15, 0.2) is 0 Å². The number of aromatic nitrogens is 5. The van der Waals surface area contributed by atoms with E-state index in [2.05, 4.69) is 36.0 Å². The maximum absolute atomic E-state index is 12.8. The van der Waals surface area contributed by atoms with Crippen molar-refractivity contribution in [2.45, 2.75) is 59.0 Å². The summed E-state index contributed by atoms with van der Waals surface area (Å²) in [5, 5.41) is 8.83. The molecule has 24 heavy (non-hydrogen) atoms. The maximum Gasteiger partial charge on any atom is 0.257 e. The number of hydrogen-bond donors (Lipinski definition) is 0. The Balaban J connectivity index is 1.76. The highest BCUT2D eigenvalue weighted by atomic mass is 16.2. The van der Waals surface area contributed by atoms with Gasteiger partial charge in [0, 0.05) is 19.3 Å². The summed E-state index contributed by atoms with van der Waals surface area (Å²) in [6.45, 7) is 11.5. The summed E-state index contributed by atoms with van der Waals surface area (Å²) >= 11 is 0. The van der Waals surface area contributed by atoms with Crippen molar-refractivity contribution in [1.29, 1.82) is 0 Å². The van der Waals surface area contributed by atoms with Crippen LogP contribution in [0, 0.1) is 13.8 Å². The van der Waals surface area contributed by atoms with Crippen LogP contribution >= 0.6 is 0 Å². The molecule has 3 heterocycles. The van der Waals surface area contributed by atoms with E-state index in [9.17, 15) is 4.79 Å². The van der Waals surface area contributed by atoms with Gasteiger partial charge in [0.1, 0.15) is 11.6 Å². The van der Waals surface area contributed by atoms with E-state index in [-0.39, 0.29) is 17.5 Å². The van der Waals surface area contributed by atoms with Gasteiger partial charge in [-0.05, 0) is 47.5 Å². The molecular formula is C17H26N6O. The SMILES string of the molecule is Cc1nc(C)n([C@H]2CCCN(C(=O)c3cnn(C(C)(C)C)c3)C2)n1. The molecule has 0 spiro atoms. The smallest absolute Gasteiger partial charge is 0.257 e. The first-order valence-electron chi connectivity index (χ1n) is 8.50. The summed E-state index contributed by atoms with van der Waals surface area (Å²) in [7, 11) is 0. The highest BCUT2D eigenvalue weighted by Crippen LogP contribution is 2.24. The Morgan fingerprint density at radius 1 is 1.29 bits per heavy atom. The molecule has 1 aliphatic heterocycles. The first kappa shape index (κ1) is 16.7. The number of amides is 1. The van der Waals surface area contributed by atoms with Crippen LogP contribution in [0.4, 0.5) is 0 Å². The lowest BCUT2D eigenvalue weighted by molar-refractivity contribution is 0.0671. The minimum atomic E-state index is -0.127. The molecule has 0 saturated carbocycles. The molecule has 1 amide bonds. The van der Waals surface area contributed by atoms with E-state index in [1.807, 2.05) is 34.3 Å². The molecule has 0 unspecified atom stereocenters. The van der Waals surface area contributed by atoms with Crippen LogP contribution in [0.5, 0.6) is 0 Å². The molecule has 0 aromatic carbocycles. The minimum Gasteiger partial charge on any atom is -0.336 e. The highest BCUT2D eigenvalue weighted by Gasteiger charge is 2.28. The van der Waals surface area contributed by atoms with Gasteiger partial charge in [-0.2, -0.15) is 10.2 Å². The Kier molecular flexibility index (Phi) is 4.19. The van der Waals surface area contributed by atoms with Crippen molar-refractivity contribution in [1.82, 2.24) is 29.4 Å². The van der Waals surface area contributed by atoms with Crippen LogP contribution in [-0.2, 0) is 5.54 Å². The van der Waals surface area contributed by atoms with Crippen LogP contribution in [0.3, 0.4) is 0 Å². The van der Waals surface area contributed by atoms with Gasteiger partial charge in [0.05, 0.1) is 23.3 Å². The van der Waals surface area contributed by atoms with Gasteiger partial charge < -0.3 is 4.90 Å². The van der Waals surface area contributed by atoms with E-state index in [1.165, 1.54) is 0 Å². The van der Waals surface area contributed by atoms with Gasteiger partial charge in [-0.15, -0.1) is 0 Å². The van der Waals surface area contributed by atoms with Gasteiger partial charge in [-0.25, -0.2) is 9.67 Å². The zero-order chi connectivity index (χ0) is 17.5. The number of hydrogen-bond acceptors (Lipinski definition) is 4. The summed E-state index contributed by atoms with van der Waals surface area (Å²) < 4.78 is 3.81. The molecule has 7 heteroatoms. The molecule has 0 aliphatic carbocycles. The topological polar surface area (TPSA) is 68.8 Å². The third-order valence-corrected chi connectivity index (χ3v) is 4.45. The Morgan fingerprint density at radius 3 is 2.62 bits per heavy atom. The lowest BCUT2D eigenvalue weighted by Crippen LogP contribution is -2.41. The van der Waals surface area contributed by atoms with Crippen molar-refractivity contribution < 1.29 is 4.79 Å². The third kappa shape index (κ3) is 3.20. The fourth-order valence-electron chi connectivity index (χ4n) is 3.20. The lowest BCUT2D eigenvalue weighted by Gasteiger charge is -2.33. The zero-order valence-corrected chi connectivity index (χ0v) is 15.2. The summed E-state index contributed by atoms with van der Waals surface area (Å²) in [5.74, 6) is 1.74. The molecular weight excluding hydrogens is 304 g/mol. The predicted molar refractivity (Wildman–Crippen MR) is 90.9 cm³/mol. The molecule has 1 aliphatic rings. The standard InChI is InChI=1S/C17H26N6O/c1-12-19-13(2)23(20-12)15-7-6-8-21(11-15)16(24)14-9-18-22(10-14)17(3,4)5/h9-10,15H,6-8,11H2,1-5H3/t15-/m0/s1. The lowest BCUT2D eigenvalue weighted by atomic mass is 10.0. The molecule has 1 saturated heterocycles.